The first kappa shape index (κ1) is 12.3. The molecule has 0 atom stereocenters. The van der Waals surface area contributed by atoms with Crippen molar-refractivity contribution < 1.29 is 66.9 Å². The minimum atomic E-state index is 0. The van der Waals surface area contributed by atoms with Crippen LogP contribution in [0, 0.1) is 0 Å². The number of rotatable bonds is 0. The van der Waals surface area contributed by atoms with Crippen LogP contribution in [0.2, 0.25) is 0 Å². The van der Waals surface area contributed by atoms with E-state index in [1.165, 1.54) is 10.5 Å². The summed E-state index contributed by atoms with van der Waals surface area (Å²) in [5.74, 6) is 0. The normalized spacial score (nSPS) is 13.9. The first-order valence-corrected chi connectivity index (χ1v) is 3.08. The van der Waals surface area contributed by atoms with Crippen LogP contribution in [0.25, 0.3) is 0 Å². The molecule has 0 unspecified atom stereocenters. The summed E-state index contributed by atoms with van der Waals surface area (Å²) < 4.78 is 1.47. The molecule has 1 rings (SSSR count). The third-order valence-corrected chi connectivity index (χ3v) is 1.60. The van der Waals surface area contributed by atoms with E-state index in [0.29, 0.717) is 0 Å². The van der Waals surface area contributed by atoms with Crippen LogP contribution >= 0.6 is 0 Å². The summed E-state index contributed by atoms with van der Waals surface area (Å²) in [6.07, 6.45) is 7.56. The van der Waals surface area contributed by atoms with Gasteiger partial charge < -0.3 is 48.0 Å². The molecule has 0 nitrogen and oxygen atoms in total. The van der Waals surface area contributed by atoms with Gasteiger partial charge in [0.25, 0.3) is 0 Å². The Morgan fingerprint density at radius 3 is 2.12 bits per heavy atom. The Bertz CT molecular complexity index is 107. The van der Waals surface area contributed by atoms with Crippen LogP contribution in [0.5, 0.6) is 0 Å². The average Bonchev–Trinajstić information content (AvgIpc) is 1.86. The van der Waals surface area contributed by atoms with Gasteiger partial charge >= 0.3 is 47.6 Å². The van der Waals surface area contributed by atoms with E-state index in [9.17, 15) is 0 Å². The van der Waals surface area contributed by atoms with Crippen LogP contribution in [0.3, 0.4) is 0 Å². The van der Waals surface area contributed by atoms with Gasteiger partial charge in [-0.1, -0.05) is 0 Å². The van der Waals surface area contributed by atoms with Gasteiger partial charge in [-0.3, -0.25) is 0 Å². The van der Waals surface area contributed by atoms with Crippen molar-refractivity contribution in [2.45, 2.75) is 6.42 Å². The molecule has 0 heterocycles. The Balaban J connectivity index is 0. The fraction of sp³-hybridized carbons (Fsp3) is 0.200. The molecule has 0 amide bonds. The maximum atomic E-state index is 2.16. The molecule has 0 aromatic carbocycles. The molecule has 8 heavy (non-hydrogen) atoms. The summed E-state index contributed by atoms with van der Waals surface area (Å²) >= 11 is 2.14. The van der Waals surface area contributed by atoms with Gasteiger partial charge in [-0.05, 0) is 0 Å². The van der Waals surface area contributed by atoms with Crippen molar-refractivity contribution in [2.24, 2.45) is 0 Å². The minimum absolute atomic E-state index is 0. The second kappa shape index (κ2) is 6.71. The molecule has 0 bridgehead atoms. The Morgan fingerprint density at radius 2 is 2.00 bits per heavy atom. The Hall–Kier alpha value is 1.59. The molecule has 0 radical (unpaired) electrons. The van der Waals surface area contributed by atoms with Crippen molar-refractivity contribution >= 4 is 0 Å². The second-order valence-electron chi connectivity index (χ2n) is 1.22. The molecule has 0 aromatic rings. The summed E-state index contributed by atoms with van der Waals surface area (Å²) in [5, 5.41) is 0. The molecular weight excluding hydrogens is 506 g/mol. The van der Waals surface area contributed by atoms with Crippen LogP contribution in [0.15, 0.2) is 22.3 Å². The zero-order valence-corrected chi connectivity index (χ0v) is 10.7. The number of hydrogen-bond donors (Lipinski definition) is 0. The number of allylic oxidation sites excluding steroid dienone is 4. The van der Waals surface area contributed by atoms with Gasteiger partial charge in [0.15, 0.2) is 0 Å². The summed E-state index contributed by atoms with van der Waals surface area (Å²) in [7, 11) is 0. The third kappa shape index (κ3) is 4.47. The molecule has 0 aliphatic heterocycles. The van der Waals surface area contributed by atoms with E-state index in [-0.39, 0.29) is 48.0 Å². The molecule has 0 saturated carbocycles. The van der Waals surface area contributed by atoms with E-state index in [1.807, 2.05) is 0 Å². The van der Waals surface area contributed by atoms with Crippen LogP contribution < -0.4 is 48.0 Å². The molecule has 48 valence electrons. The molecule has 0 aromatic heterocycles. The molecule has 1 aliphatic rings. The maximum absolute atomic E-state index is 2.16. The molecule has 0 N–H and O–H groups in total. The second-order valence-corrected chi connectivity index (χ2v) is 2.76. The van der Waals surface area contributed by atoms with E-state index < -0.39 is 0 Å². The van der Waals surface area contributed by atoms with Gasteiger partial charge in [-0.25, -0.2) is 0 Å². The predicted octanol–water partition coefficient (Wildman–Crippen LogP) is -4.61. The van der Waals surface area contributed by atoms with Crippen LogP contribution in [0.1, 0.15) is 6.42 Å². The van der Waals surface area contributed by atoms with Gasteiger partial charge in [0, 0.05) is 0 Å². The zero-order valence-electron chi connectivity index (χ0n) is 4.03. The zero-order chi connectivity index (χ0) is 4.41. The van der Waals surface area contributed by atoms with Gasteiger partial charge in [0.05, 0.1) is 0 Å². The number of hydrogen-bond acceptors (Lipinski definition) is 0. The van der Waals surface area contributed by atoms with E-state index in [2.05, 4.69) is 37.1 Å². The fourth-order valence-corrected chi connectivity index (χ4v) is 0.924. The predicted molar refractivity (Wildman–Crippen MR) is 21.8 cm³/mol. The first-order chi connectivity index (χ1) is 2.89. The Labute approximate surface area is 94.4 Å². The molecule has 0 saturated heterocycles. The summed E-state index contributed by atoms with van der Waals surface area (Å²) in [6, 6.07) is 0. The van der Waals surface area contributed by atoms with Gasteiger partial charge in [-0.2, -0.15) is 0 Å². The van der Waals surface area contributed by atoms with Gasteiger partial charge in [0.1, 0.15) is 0 Å². The SMILES string of the molecule is [I-].[I-].[Ir+2][C]1=CC=CC1. The van der Waals surface area contributed by atoms with Crippen LogP contribution in [0.4, 0.5) is 0 Å². The van der Waals surface area contributed by atoms with Crippen molar-refractivity contribution in [3.05, 3.63) is 22.3 Å². The monoisotopic (exact) mass is 512 g/mol. The molecule has 0 fully saturated rings. The number of halogens is 2. The average molecular weight is 511 g/mol. The quantitative estimate of drug-likeness (QED) is 0.288. The van der Waals surface area contributed by atoms with Crippen LogP contribution in [-0.4, -0.2) is 0 Å². The molecule has 0 spiro atoms. The van der Waals surface area contributed by atoms with Gasteiger partial charge in [-0.15, -0.1) is 0 Å². The Kier molecular flexibility index (Phi) is 10.3. The Morgan fingerprint density at radius 1 is 1.38 bits per heavy atom. The van der Waals surface area contributed by atoms with Gasteiger partial charge in [0.2, 0.25) is 0 Å². The first-order valence-electron chi connectivity index (χ1n) is 1.88. The van der Waals surface area contributed by atoms with Crippen molar-refractivity contribution in [2.75, 3.05) is 0 Å². The van der Waals surface area contributed by atoms with Crippen molar-refractivity contribution in [1.82, 2.24) is 0 Å². The summed E-state index contributed by atoms with van der Waals surface area (Å²) in [5.41, 5.74) is 0. The molecular formula is C5H5I2Ir. The summed E-state index contributed by atoms with van der Waals surface area (Å²) in [4.78, 5) is 0. The standard InChI is InChI=1S/C5H5.2HI.Ir/c1-2-4-5-3-1;;;/h1-3H,4H2;2*1H;/q;;;+2/p-2. The fourth-order valence-electron chi connectivity index (χ4n) is 0.412. The van der Waals surface area contributed by atoms with E-state index in [4.69, 9.17) is 0 Å². The summed E-state index contributed by atoms with van der Waals surface area (Å²) in [6.45, 7) is 0. The van der Waals surface area contributed by atoms with Crippen molar-refractivity contribution in [1.29, 1.82) is 0 Å². The van der Waals surface area contributed by atoms with E-state index in [0.717, 1.165) is 0 Å². The van der Waals surface area contributed by atoms with E-state index in [1.54, 1.807) is 0 Å². The molecule has 3 heteroatoms. The van der Waals surface area contributed by atoms with Crippen LogP contribution in [-0.2, 0) is 18.9 Å². The van der Waals surface area contributed by atoms with Crippen molar-refractivity contribution in [3.8, 4) is 0 Å². The van der Waals surface area contributed by atoms with Crippen molar-refractivity contribution in [3.63, 3.8) is 0 Å². The molecule has 1 aliphatic carbocycles. The van der Waals surface area contributed by atoms with E-state index >= 15 is 0 Å². The topological polar surface area (TPSA) is 0 Å². The third-order valence-electron chi connectivity index (χ3n) is 0.709.